The molecule has 0 aromatic rings. The highest BCUT2D eigenvalue weighted by Crippen LogP contribution is 2.36. The van der Waals surface area contributed by atoms with Crippen LogP contribution in [-0.4, -0.2) is 18.8 Å². The molecule has 1 unspecified atom stereocenters. The van der Waals surface area contributed by atoms with E-state index in [1.807, 2.05) is 18.2 Å². The normalized spacial score (nSPS) is 35.6. The zero-order valence-electron chi connectivity index (χ0n) is 11.8. The van der Waals surface area contributed by atoms with Crippen molar-refractivity contribution < 1.29 is 4.79 Å². The van der Waals surface area contributed by atoms with Crippen LogP contribution >= 0.6 is 0 Å². The monoisotopic (exact) mass is 273 g/mol. The van der Waals surface area contributed by atoms with Gasteiger partial charge in [-0.25, -0.2) is 0 Å². The third-order valence-electron chi connectivity index (χ3n) is 3.99. The maximum Gasteiger partial charge on any atom is 0.227 e. The van der Waals surface area contributed by atoms with Crippen LogP contribution in [0.4, 0.5) is 0 Å². The van der Waals surface area contributed by atoms with E-state index in [9.17, 15) is 4.79 Å². The van der Waals surface area contributed by atoms with E-state index in [1.54, 1.807) is 6.21 Å². The number of aliphatic imine (C=N–C) groups is 1. The van der Waals surface area contributed by atoms with Crippen LogP contribution in [0.1, 0.15) is 38.5 Å². The van der Waals surface area contributed by atoms with E-state index in [1.165, 1.54) is 0 Å². The third kappa shape index (κ3) is 3.83. The lowest BCUT2D eigenvalue weighted by atomic mass is 9.74. The number of allylic oxidation sites excluding steroid dienone is 5. The lowest BCUT2D eigenvalue weighted by Gasteiger charge is -2.31. The number of carbonyl (C=O) groups excluding carboxylic acids is 1. The van der Waals surface area contributed by atoms with Gasteiger partial charge in [0, 0.05) is 11.9 Å². The summed E-state index contributed by atoms with van der Waals surface area (Å²) in [7, 11) is 0. The van der Waals surface area contributed by atoms with Gasteiger partial charge in [0.1, 0.15) is 6.67 Å². The standard InChI is InChI=1S/C16H23N3O/c17-14-7-2-1-3-9-16(11-6-8-14)10-4-5-12-18-13-19-15(16)20/h2,4-5,7-8,12H,1,3,6,9-11,13,17H2,(H,19,20)/b5-4-,7-2-,14-8+,18-12-. The molecule has 1 aliphatic heterocycles. The van der Waals surface area contributed by atoms with E-state index in [4.69, 9.17) is 5.73 Å². The topological polar surface area (TPSA) is 67.5 Å². The van der Waals surface area contributed by atoms with Gasteiger partial charge in [0.05, 0.1) is 5.41 Å². The van der Waals surface area contributed by atoms with Crippen LogP contribution < -0.4 is 11.1 Å². The number of nitrogens with two attached hydrogens (primary N) is 1. The molecule has 0 radical (unpaired) electrons. The third-order valence-corrected chi connectivity index (χ3v) is 3.99. The maximum atomic E-state index is 12.6. The molecule has 4 nitrogen and oxygen atoms in total. The first kappa shape index (κ1) is 14.6. The fourth-order valence-electron chi connectivity index (χ4n) is 2.78. The molecule has 0 fully saturated rings. The molecule has 1 heterocycles. The fraction of sp³-hybridized carbons (Fsp3) is 0.500. The summed E-state index contributed by atoms with van der Waals surface area (Å²) >= 11 is 0. The van der Waals surface area contributed by atoms with Crippen molar-refractivity contribution >= 4 is 12.1 Å². The van der Waals surface area contributed by atoms with Crippen LogP contribution in [0, 0.1) is 5.41 Å². The predicted octanol–water partition coefficient (Wildman–Crippen LogP) is 2.44. The average molecular weight is 273 g/mol. The van der Waals surface area contributed by atoms with E-state index < -0.39 is 0 Å². The lowest BCUT2D eigenvalue weighted by Crippen LogP contribution is -2.41. The summed E-state index contributed by atoms with van der Waals surface area (Å²) in [6.07, 6.45) is 17.1. The molecule has 1 spiro atoms. The van der Waals surface area contributed by atoms with Crippen LogP contribution in [0.5, 0.6) is 0 Å². The molecule has 0 bridgehead atoms. The van der Waals surface area contributed by atoms with E-state index in [2.05, 4.69) is 22.5 Å². The van der Waals surface area contributed by atoms with Crippen molar-refractivity contribution in [1.29, 1.82) is 0 Å². The Hall–Kier alpha value is -1.84. The zero-order chi connectivity index (χ0) is 14.3. The van der Waals surface area contributed by atoms with Gasteiger partial charge in [0.25, 0.3) is 0 Å². The van der Waals surface area contributed by atoms with Gasteiger partial charge in [0.15, 0.2) is 0 Å². The van der Waals surface area contributed by atoms with Crippen molar-refractivity contribution in [3.8, 4) is 0 Å². The maximum absolute atomic E-state index is 12.6. The molecule has 2 rings (SSSR count). The summed E-state index contributed by atoms with van der Waals surface area (Å²) in [5.41, 5.74) is 6.37. The molecule has 0 saturated heterocycles. The van der Waals surface area contributed by atoms with Crippen molar-refractivity contribution in [3.05, 3.63) is 36.1 Å². The molecule has 1 atom stereocenters. The Morgan fingerprint density at radius 1 is 1.25 bits per heavy atom. The molecule has 108 valence electrons. The molecule has 4 heteroatoms. The van der Waals surface area contributed by atoms with Crippen LogP contribution in [0.2, 0.25) is 0 Å². The van der Waals surface area contributed by atoms with E-state index >= 15 is 0 Å². The predicted molar refractivity (Wildman–Crippen MR) is 82.2 cm³/mol. The first-order valence-electron chi connectivity index (χ1n) is 7.28. The van der Waals surface area contributed by atoms with Gasteiger partial charge >= 0.3 is 0 Å². The number of nitrogens with zero attached hydrogens (tertiary/aromatic N) is 1. The highest BCUT2D eigenvalue weighted by atomic mass is 16.2. The minimum Gasteiger partial charge on any atom is -0.399 e. The SMILES string of the molecule is NC1=C/CCC2(C/C=C\C=N/CNC2=O)CCC/C=C\1. The van der Waals surface area contributed by atoms with Crippen LogP contribution in [0.25, 0.3) is 0 Å². The zero-order valence-corrected chi connectivity index (χ0v) is 11.8. The quantitative estimate of drug-likeness (QED) is 0.712. The van der Waals surface area contributed by atoms with E-state index in [-0.39, 0.29) is 11.3 Å². The number of hydrogen-bond acceptors (Lipinski definition) is 3. The molecule has 1 aliphatic carbocycles. The summed E-state index contributed by atoms with van der Waals surface area (Å²) in [6, 6.07) is 0. The Balaban J connectivity index is 2.19. The molecular formula is C16H23N3O. The first-order chi connectivity index (χ1) is 9.73. The Bertz CT molecular complexity index is 462. The molecule has 3 N–H and O–H groups in total. The van der Waals surface area contributed by atoms with Crippen molar-refractivity contribution in [1.82, 2.24) is 5.32 Å². The lowest BCUT2D eigenvalue weighted by molar-refractivity contribution is -0.131. The van der Waals surface area contributed by atoms with Gasteiger partial charge in [-0.3, -0.25) is 9.79 Å². The largest absolute Gasteiger partial charge is 0.399 e. The second-order valence-electron chi connectivity index (χ2n) is 5.45. The molecule has 20 heavy (non-hydrogen) atoms. The van der Waals surface area contributed by atoms with Gasteiger partial charge in [-0.1, -0.05) is 18.2 Å². The van der Waals surface area contributed by atoms with Crippen molar-refractivity contribution in [2.45, 2.75) is 38.5 Å². The van der Waals surface area contributed by atoms with Crippen molar-refractivity contribution in [3.63, 3.8) is 0 Å². The average Bonchev–Trinajstić information content (AvgIpc) is 2.52. The molecular weight excluding hydrogens is 250 g/mol. The second-order valence-corrected chi connectivity index (χ2v) is 5.45. The van der Waals surface area contributed by atoms with Crippen LogP contribution in [-0.2, 0) is 4.79 Å². The highest BCUT2D eigenvalue weighted by Gasteiger charge is 2.36. The summed E-state index contributed by atoms with van der Waals surface area (Å²) in [5.74, 6) is 0.123. The number of rotatable bonds is 0. The Labute approximate surface area is 120 Å². The minimum absolute atomic E-state index is 0.123. The van der Waals surface area contributed by atoms with Gasteiger partial charge < -0.3 is 11.1 Å². The first-order valence-corrected chi connectivity index (χ1v) is 7.28. The summed E-state index contributed by atoms with van der Waals surface area (Å²) in [6.45, 7) is 0.364. The molecule has 1 amide bonds. The summed E-state index contributed by atoms with van der Waals surface area (Å²) in [4.78, 5) is 16.7. The fourth-order valence-corrected chi connectivity index (χ4v) is 2.78. The van der Waals surface area contributed by atoms with Gasteiger partial charge in [0.2, 0.25) is 5.91 Å². The van der Waals surface area contributed by atoms with Gasteiger partial charge in [-0.05, 0) is 50.7 Å². The Kier molecular flexibility index (Phi) is 5.16. The number of hydrogen-bond donors (Lipinski definition) is 2. The second kappa shape index (κ2) is 7.08. The van der Waals surface area contributed by atoms with E-state index in [0.717, 1.165) is 44.2 Å². The minimum atomic E-state index is -0.327. The summed E-state index contributed by atoms with van der Waals surface area (Å²) in [5, 5.41) is 2.93. The summed E-state index contributed by atoms with van der Waals surface area (Å²) < 4.78 is 0. The van der Waals surface area contributed by atoms with Gasteiger partial charge in [-0.2, -0.15) is 0 Å². The Morgan fingerprint density at radius 3 is 3.05 bits per heavy atom. The van der Waals surface area contributed by atoms with Crippen molar-refractivity contribution in [2.75, 3.05) is 6.67 Å². The molecule has 0 saturated carbocycles. The van der Waals surface area contributed by atoms with E-state index in [0.29, 0.717) is 6.67 Å². The molecule has 2 aliphatic rings. The van der Waals surface area contributed by atoms with Crippen molar-refractivity contribution in [2.24, 2.45) is 16.1 Å². The molecule has 0 aromatic heterocycles. The Morgan fingerprint density at radius 2 is 2.15 bits per heavy atom. The molecule has 0 aromatic carbocycles. The number of carbonyl (C=O) groups is 1. The number of nitrogens with one attached hydrogen (secondary N) is 1. The number of amides is 1. The highest BCUT2D eigenvalue weighted by molar-refractivity contribution is 5.83. The van der Waals surface area contributed by atoms with Crippen LogP contribution in [0.3, 0.4) is 0 Å². The van der Waals surface area contributed by atoms with Crippen LogP contribution in [0.15, 0.2) is 41.1 Å². The van der Waals surface area contributed by atoms with Gasteiger partial charge in [-0.15, -0.1) is 0 Å². The smallest absolute Gasteiger partial charge is 0.227 e.